The molecule has 154 valence electrons. The predicted molar refractivity (Wildman–Crippen MR) is 120 cm³/mol. The third kappa shape index (κ3) is 4.81. The fourth-order valence-corrected chi connectivity index (χ4v) is 4.49. The average Bonchev–Trinajstić information content (AvgIpc) is 2.87. The van der Waals surface area contributed by atoms with E-state index >= 15 is 0 Å². The van der Waals surface area contributed by atoms with Crippen molar-refractivity contribution in [1.29, 1.82) is 0 Å². The molecule has 0 saturated carbocycles. The maximum absolute atomic E-state index is 6.17. The van der Waals surface area contributed by atoms with E-state index in [0.29, 0.717) is 6.04 Å². The van der Waals surface area contributed by atoms with Gasteiger partial charge in [0.05, 0.1) is 24.4 Å². The molecular formula is C25H33N3O. The molecule has 4 heteroatoms. The molecule has 0 amide bonds. The van der Waals surface area contributed by atoms with E-state index in [9.17, 15) is 0 Å². The van der Waals surface area contributed by atoms with Crippen LogP contribution >= 0.6 is 0 Å². The lowest BCUT2D eigenvalue weighted by atomic mass is 9.93. The number of nitrogens with zero attached hydrogens (tertiary/aromatic N) is 3. The van der Waals surface area contributed by atoms with Gasteiger partial charge in [-0.3, -0.25) is 4.90 Å². The van der Waals surface area contributed by atoms with Crippen molar-refractivity contribution >= 4 is 5.84 Å². The van der Waals surface area contributed by atoms with Gasteiger partial charge < -0.3 is 9.64 Å². The summed E-state index contributed by atoms with van der Waals surface area (Å²) in [5.74, 6) is 2.17. The summed E-state index contributed by atoms with van der Waals surface area (Å²) in [6, 6.07) is 10.6. The molecule has 1 aliphatic carbocycles. The van der Waals surface area contributed by atoms with Gasteiger partial charge in [0.25, 0.3) is 0 Å². The van der Waals surface area contributed by atoms with E-state index in [1.54, 1.807) is 0 Å². The number of amidine groups is 1. The zero-order valence-corrected chi connectivity index (χ0v) is 18.0. The van der Waals surface area contributed by atoms with Gasteiger partial charge in [0, 0.05) is 13.1 Å². The van der Waals surface area contributed by atoms with E-state index in [1.807, 2.05) is 30.3 Å². The summed E-state index contributed by atoms with van der Waals surface area (Å²) in [6.45, 7) is 7.38. The molecule has 0 aromatic heterocycles. The molecule has 29 heavy (non-hydrogen) atoms. The summed E-state index contributed by atoms with van der Waals surface area (Å²) in [6.07, 6.45) is 11.6. The molecule has 0 spiro atoms. The van der Waals surface area contributed by atoms with Crippen molar-refractivity contribution in [2.45, 2.75) is 51.7 Å². The first-order valence-corrected chi connectivity index (χ1v) is 11.0. The molecular weight excluding hydrogens is 358 g/mol. The number of hydrogen-bond donors (Lipinski definition) is 0. The fraction of sp³-hybridized carbons (Fsp3) is 0.480. The van der Waals surface area contributed by atoms with E-state index in [2.05, 4.69) is 48.9 Å². The zero-order chi connectivity index (χ0) is 20.2. The van der Waals surface area contributed by atoms with Crippen molar-refractivity contribution in [3.05, 3.63) is 65.4 Å². The SMILES string of the molecule is CCC(CCN(C)CC1=NC2=CC3C(=CC(C)=C2)CCCN13)Oc1ccccc1. The van der Waals surface area contributed by atoms with Crippen LogP contribution in [0, 0.1) is 0 Å². The van der Waals surface area contributed by atoms with Gasteiger partial charge in [-0.05, 0) is 75.1 Å². The highest BCUT2D eigenvalue weighted by Gasteiger charge is 2.32. The molecule has 2 bridgehead atoms. The number of para-hydroxylation sites is 1. The molecule has 1 aromatic rings. The van der Waals surface area contributed by atoms with Gasteiger partial charge in [-0.25, -0.2) is 4.99 Å². The van der Waals surface area contributed by atoms with E-state index in [4.69, 9.17) is 9.73 Å². The van der Waals surface area contributed by atoms with Crippen LogP contribution in [0.1, 0.15) is 39.5 Å². The van der Waals surface area contributed by atoms with Gasteiger partial charge in [0.15, 0.2) is 0 Å². The third-order valence-electron chi connectivity index (χ3n) is 6.03. The van der Waals surface area contributed by atoms with E-state index in [0.717, 1.165) is 43.9 Å². The Hall–Kier alpha value is -2.33. The summed E-state index contributed by atoms with van der Waals surface area (Å²) < 4.78 is 6.17. The number of aliphatic imine (C=N–C) groups is 1. The van der Waals surface area contributed by atoms with Crippen LogP contribution in [0.25, 0.3) is 0 Å². The predicted octanol–water partition coefficient (Wildman–Crippen LogP) is 4.81. The number of piperidine rings is 1. The molecule has 2 unspecified atom stereocenters. The Morgan fingerprint density at radius 1 is 1.24 bits per heavy atom. The minimum Gasteiger partial charge on any atom is -0.490 e. The fourth-order valence-electron chi connectivity index (χ4n) is 4.49. The number of allylic oxidation sites excluding steroid dienone is 3. The normalized spacial score (nSPS) is 21.7. The standard InChI is InChI=1S/C25H33N3O/c1-4-22(29-23-10-6-5-7-11-23)12-14-27(3)18-25-26-21-16-19(2)15-20-9-8-13-28(25)24(20)17-21/h5-7,10-11,15-17,22,24H,4,8-9,12-14,18H2,1-3H3. The molecule has 1 saturated heterocycles. The Labute approximate surface area is 175 Å². The lowest BCUT2D eigenvalue weighted by Gasteiger charge is -2.41. The number of likely N-dealkylation sites (N-methyl/N-ethyl adjacent to an activating group) is 1. The van der Waals surface area contributed by atoms with Crippen LogP contribution in [0.4, 0.5) is 0 Å². The number of rotatable bonds is 8. The quantitative estimate of drug-likeness (QED) is 0.636. The van der Waals surface area contributed by atoms with Crippen LogP contribution in [0.15, 0.2) is 70.4 Å². The first-order chi connectivity index (χ1) is 14.1. The van der Waals surface area contributed by atoms with E-state index in [-0.39, 0.29) is 6.10 Å². The highest BCUT2D eigenvalue weighted by molar-refractivity contribution is 5.88. The van der Waals surface area contributed by atoms with Gasteiger partial charge in [-0.2, -0.15) is 0 Å². The second-order valence-electron chi connectivity index (χ2n) is 8.46. The van der Waals surface area contributed by atoms with Crippen LogP contribution in [-0.4, -0.2) is 54.5 Å². The molecule has 1 fully saturated rings. The Morgan fingerprint density at radius 2 is 2.07 bits per heavy atom. The van der Waals surface area contributed by atoms with Crippen molar-refractivity contribution in [1.82, 2.24) is 9.80 Å². The summed E-state index contributed by atoms with van der Waals surface area (Å²) in [5, 5.41) is 0. The summed E-state index contributed by atoms with van der Waals surface area (Å²) in [7, 11) is 2.20. The Balaban J connectivity index is 1.37. The smallest absolute Gasteiger partial charge is 0.120 e. The molecule has 1 aromatic carbocycles. The summed E-state index contributed by atoms with van der Waals surface area (Å²) in [5.41, 5.74) is 3.98. The van der Waals surface area contributed by atoms with Crippen LogP contribution in [-0.2, 0) is 0 Å². The summed E-state index contributed by atoms with van der Waals surface area (Å²) >= 11 is 0. The topological polar surface area (TPSA) is 28.1 Å². The largest absolute Gasteiger partial charge is 0.490 e. The minimum atomic E-state index is 0.244. The third-order valence-corrected chi connectivity index (χ3v) is 6.03. The minimum absolute atomic E-state index is 0.244. The van der Waals surface area contributed by atoms with Crippen LogP contribution < -0.4 is 4.74 Å². The van der Waals surface area contributed by atoms with E-state index < -0.39 is 0 Å². The van der Waals surface area contributed by atoms with Crippen molar-refractivity contribution < 1.29 is 4.74 Å². The number of ether oxygens (including phenoxy) is 1. The molecule has 2 atom stereocenters. The van der Waals surface area contributed by atoms with Crippen LogP contribution in [0.2, 0.25) is 0 Å². The van der Waals surface area contributed by atoms with Crippen molar-refractivity contribution in [2.24, 2.45) is 4.99 Å². The first kappa shape index (κ1) is 20.0. The Kier molecular flexibility index (Phi) is 6.19. The lowest BCUT2D eigenvalue weighted by Crippen LogP contribution is -2.49. The molecule has 2 heterocycles. The van der Waals surface area contributed by atoms with Crippen LogP contribution in [0.3, 0.4) is 0 Å². The molecule has 4 nitrogen and oxygen atoms in total. The first-order valence-electron chi connectivity index (χ1n) is 11.0. The molecule has 0 N–H and O–H groups in total. The second-order valence-corrected chi connectivity index (χ2v) is 8.46. The molecule has 2 aliphatic heterocycles. The maximum atomic E-state index is 6.17. The number of benzene rings is 1. The Morgan fingerprint density at radius 3 is 2.86 bits per heavy atom. The van der Waals surface area contributed by atoms with Gasteiger partial charge in [0.1, 0.15) is 11.6 Å². The Bertz CT molecular complexity index is 837. The van der Waals surface area contributed by atoms with Gasteiger partial charge in [0.2, 0.25) is 0 Å². The highest BCUT2D eigenvalue weighted by Crippen LogP contribution is 2.32. The molecule has 0 radical (unpaired) electrons. The van der Waals surface area contributed by atoms with Crippen molar-refractivity contribution in [3.8, 4) is 5.75 Å². The molecule has 3 aliphatic rings. The maximum Gasteiger partial charge on any atom is 0.120 e. The zero-order valence-electron chi connectivity index (χ0n) is 18.0. The van der Waals surface area contributed by atoms with Gasteiger partial charge in [-0.1, -0.05) is 31.2 Å². The lowest BCUT2D eigenvalue weighted by molar-refractivity contribution is 0.169. The molecule has 4 rings (SSSR count). The van der Waals surface area contributed by atoms with Gasteiger partial charge in [-0.15, -0.1) is 0 Å². The van der Waals surface area contributed by atoms with Crippen molar-refractivity contribution in [3.63, 3.8) is 0 Å². The second kappa shape index (κ2) is 9.00. The van der Waals surface area contributed by atoms with Gasteiger partial charge >= 0.3 is 0 Å². The average molecular weight is 392 g/mol. The number of hydrogen-bond acceptors (Lipinski definition) is 4. The highest BCUT2D eigenvalue weighted by atomic mass is 16.5. The van der Waals surface area contributed by atoms with E-state index in [1.165, 1.54) is 29.8 Å². The van der Waals surface area contributed by atoms with Crippen LogP contribution in [0.5, 0.6) is 5.75 Å². The summed E-state index contributed by atoms with van der Waals surface area (Å²) in [4.78, 5) is 9.91. The van der Waals surface area contributed by atoms with Crippen molar-refractivity contribution in [2.75, 3.05) is 26.7 Å². The monoisotopic (exact) mass is 391 g/mol.